The molecule has 0 bridgehead atoms. The number of benzene rings is 1. The molecule has 8 nitrogen and oxygen atoms in total. The molecule has 2 atom stereocenters. The van der Waals surface area contributed by atoms with E-state index in [4.69, 9.17) is 4.74 Å². The minimum absolute atomic E-state index is 0.0779. The summed E-state index contributed by atoms with van der Waals surface area (Å²) in [7, 11) is 0. The topological polar surface area (TPSA) is 116 Å². The normalized spacial score (nSPS) is 12.8. The summed E-state index contributed by atoms with van der Waals surface area (Å²) in [5.74, 6) is -2.77. The van der Waals surface area contributed by atoms with Crippen LogP contribution in [0.15, 0.2) is 24.3 Å². The van der Waals surface area contributed by atoms with Crippen LogP contribution in [0.4, 0.5) is 5.69 Å². The van der Waals surface area contributed by atoms with Crippen LogP contribution in [0.2, 0.25) is 0 Å². The zero-order valence-electron chi connectivity index (χ0n) is 13.1. The smallest absolute Gasteiger partial charge is 0.329 e. The quantitative estimate of drug-likeness (QED) is 0.460. The number of nitro benzene ring substituents is 1. The molecule has 0 aliphatic heterocycles. The summed E-state index contributed by atoms with van der Waals surface area (Å²) in [6, 6.07) is 4.15. The largest absolute Gasteiger partial charge is 0.464 e. The molecule has 8 heteroatoms. The Morgan fingerprint density at radius 2 is 1.96 bits per heavy atom. The third kappa shape index (κ3) is 4.87. The van der Waals surface area contributed by atoms with Crippen LogP contribution in [-0.2, 0) is 19.1 Å². The van der Waals surface area contributed by atoms with Gasteiger partial charge < -0.3 is 10.1 Å². The van der Waals surface area contributed by atoms with Crippen molar-refractivity contribution in [3.05, 3.63) is 39.9 Å². The third-order valence-corrected chi connectivity index (χ3v) is 3.11. The van der Waals surface area contributed by atoms with E-state index < -0.39 is 34.5 Å². The maximum atomic E-state index is 12.1. The Hall–Kier alpha value is -2.77. The molecule has 0 aliphatic rings. The zero-order valence-corrected chi connectivity index (χ0v) is 13.1. The van der Waals surface area contributed by atoms with E-state index >= 15 is 0 Å². The minimum Gasteiger partial charge on any atom is -0.464 e. The van der Waals surface area contributed by atoms with Crippen molar-refractivity contribution in [1.82, 2.24) is 5.32 Å². The number of esters is 1. The molecule has 0 spiro atoms. The molecule has 0 saturated heterocycles. The van der Waals surface area contributed by atoms with E-state index in [9.17, 15) is 24.5 Å². The lowest BCUT2D eigenvalue weighted by Gasteiger charge is -2.24. The van der Waals surface area contributed by atoms with Gasteiger partial charge in [0, 0.05) is 19.1 Å². The van der Waals surface area contributed by atoms with Crippen molar-refractivity contribution >= 4 is 23.3 Å². The highest BCUT2D eigenvalue weighted by Gasteiger charge is 2.35. The van der Waals surface area contributed by atoms with Crippen molar-refractivity contribution in [2.75, 3.05) is 6.61 Å². The van der Waals surface area contributed by atoms with E-state index in [-0.39, 0.29) is 17.9 Å². The fraction of sp³-hybridized carbons (Fsp3) is 0.400. The van der Waals surface area contributed by atoms with Crippen molar-refractivity contribution in [3.63, 3.8) is 0 Å². The Labute approximate surface area is 133 Å². The monoisotopic (exact) mass is 322 g/mol. The molecule has 0 aromatic heterocycles. The standard InChI is InChI=1S/C15H18N2O6/c1-4-23-15(20)14(16-10(3)19)13(9(2)18)11-6-5-7-12(8-11)17(21)22/h5-8,13-14H,4H2,1-3H3,(H,16,19)/t13-,14-/m0/s1. The van der Waals surface area contributed by atoms with Gasteiger partial charge in [-0.2, -0.15) is 0 Å². The number of carbonyl (C=O) groups excluding carboxylic acids is 3. The van der Waals surface area contributed by atoms with E-state index in [2.05, 4.69) is 5.32 Å². The van der Waals surface area contributed by atoms with Crippen LogP contribution >= 0.6 is 0 Å². The first-order valence-electron chi connectivity index (χ1n) is 6.96. The highest BCUT2D eigenvalue weighted by molar-refractivity contribution is 5.94. The lowest BCUT2D eigenvalue weighted by molar-refractivity contribution is -0.384. The summed E-state index contributed by atoms with van der Waals surface area (Å²) in [6.07, 6.45) is 0. The fourth-order valence-electron chi connectivity index (χ4n) is 2.22. The summed E-state index contributed by atoms with van der Waals surface area (Å²) in [4.78, 5) is 45.8. The molecule has 124 valence electrons. The Bertz CT molecular complexity index is 628. The molecule has 1 rings (SSSR count). The highest BCUT2D eigenvalue weighted by atomic mass is 16.6. The number of nitro groups is 1. The molecule has 23 heavy (non-hydrogen) atoms. The zero-order chi connectivity index (χ0) is 17.6. The van der Waals surface area contributed by atoms with Crippen LogP contribution in [0.25, 0.3) is 0 Å². The molecule has 0 unspecified atom stereocenters. The maximum Gasteiger partial charge on any atom is 0.329 e. The van der Waals surface area contributed by atoms with Gasteiger partial charge in [0.15, 0.2) is 0 Å². The van der Waals surface area contributed by atoms with Gasteiger partial charge >= 0.3 is 5.97 Å². The van der Waals surface area contributed by atoms with Gasteiger partial charge in [-0.25, -0.2) is 4.79 Å². The maximum absolute atomic E-state index is 12.1. The number of nitrogens with one attached hydrogen (secondary N) is 1. The average molecular weight is 322 g/mol. The number of hydrogen-bond donors (Lipinski definition) is 1. The summed E-state index contributed by atoms with van der Waals surface area (Å²) in [5.41, 5.74) is 0.0534. The van der Waals surface area contributed by atoms with Crippen LogP contribution in [0, 0.1) is 10.1 Å². The van der Waals surface area contributed by atoms with E-state index in [1.54, 1.807) is 6.92 Å². The van der Waals surface area contributed by atoms with Crippen LogP contribution in [-0.4, -0.2) is 35.2 Å². The van der Waals surface area contributed by atoms with Gasteiger partial charge in [0.1, 0.15) is 11.8 Å². The van der Waals surface area contributed by atoms with Crippen LogP contribution in [0.1, 0.15) is 32.3 Å². The van der Waals surface area contributed by atoms with Gasteiger partial charge in [0.25, 0.3) is 5.69 Å². The molecule has 1 aromatic rings. The van der Waals surface area contributed by atoms with Crippen molar-refractivity contribution in [2.24, 2.45) is 0 Å². The molecule has 1 aromatic carbocycles. The van der Waals surface area contributed by atoms with Crippen molar-refractivity contribution < 1.29 is 24.0 Å². The van der Waals surface area contributed by atoms with Gasteiger partial charge in [-0.3, -0.25) is 19.7 Å². The second-order valence-electron chi connectivity index (χ2n) is 4.87. The highest BCUT2D eigenvalue weighted by Crippen LogP contribution is 2.25. The van der Waals surface area contributed by atoms with Crippen LogP contribution < -0.4 is 5.32 Å². The predicted molar refractivity (Wildman–Crippen MR) is 80.8 cm³/mol. The number of rotatable bonds is 7. The van der Waals surface area contributed by atoms with Gasteiger partial charge in [-0.05, 0) is 19.4 Å². The van der Waals surface area contributed by atoms with E-state index in [0.717, 1.165) is 0 Å². The minimum atomic E-state index is -1.24. The molecular weight excluding hydrogens is 304 g/mol. The second-order valence-corrected chi connectivity index (χ2v) is 4.87. The van der Waals surface area contributed by atoms with Crippen LogP contribution in [0.3, 0.4) is 0 Å². The van der Waals surface area contributed by atoms with E-state index in [1.807, 2.05) is 0 Å². The molecule has 1 N–H and O–H groups in total. The number of ether oxygens (including phenoxy) is 1. The number of ketones is 1. The summed E-state index contributed by atoms with van der Waals surface area (Å²) >= 11 is 0. The molecule has 0 radical (unpaired) electrons. The molecule has 0 fully saturated rings. The van der Waals surface area contributed by atoms with Gasteiger partial charge in [0.05, 0.1) is 17.4 Å². The first kappa shape index (κ1) is 18.3. The lowest BCUT2D eigenvalue weighted by Crippen LogP contribution is -2.47. The first-order valence-corrected chi connectivity index (χ1v) is 6.96. The Kier molecular flexibility index (Phi) is 6.37. The number of Topliss-reactive ketones (excluding diaryl/α,β-unsaturated/α-hetero) is 1. The summed E-state index contributed by atoms with van der Waals surface area (Å²) in [6.45, 7) is 4.13. The number of hydrogen-bond acceptors (Lipinski definition) is 6. The Morgan fingerprint density at radius 3 is 2.43 bits per heavy atom. The van der Waals surface area contributed by atoms with Gasteiger partial charge in [-0.1, -0.05) is 12.1 Å². The summed E-state index contributed by atoms with van der Waals surface area (Å²) < 4.78 is 4.90. The second kappa shape index (κ2) is 8.02. The van der Waals surface area contributed by atoms with Gasteiger partial charge in [-0.15, -0.1) is 0 Å². The van der Waals surface area contributed by atoms with Gasteiger partial charge in [0.2, 0.25) is 5.91 Å². The average Bonchev–Trinajstić information content (AvgIpc) is 2.46. The Balaban J connectivity index is 3.32. The number of nitrogens with zero attached hydrogens (tertiary/aromatic N) is 1. The molecule has 0 saturated carbocycles. The lowest BCUT2D eigenvalue weighted by atomic mass is 9.87. The SMILES string of the molecule is CCOC(=O)[C@@H](NC(C)=O)[C@@H](C(C)=O)c1cccc([N+](=O)[O-])c1. The fourth-order valence-corrected chi connectivity index (χ4v) is 2.22. The van der Waals surface area contributed by atoms with E-state index in [0.29, 0.717) is 0 Å². The van der Waals surface area contributed by atoms with E-state index in [1.165, 1.54) is 38.1 Å². The van der Waals surface area contributed by atoms with Crippen molar-refractivity contribution in [3.8, 4) is 0 Å². The van der Waals surface area contributed by atoms with Crippen molar-refractivity contribution in [1.29, 1.82) is 0 Å². The third-order valence-electron chi connectivity index (χ3n) is 3.11. The molecule has 0 aliphatic carbocycles. The molecular formula is C15H18N2O6. The Morgan fingerprint density at radius 1 is 1.30 bits per heavy atom. The van der Waals surface area contributed by atoms with Crippen molar-refractivity contribution in [2.45, 2.75) is 32.7 Å². The molecule has 1 amide bonds. The number of carbonyl (C=O) groups is 3. The number of amides is 1. The molecule has 0 heterocycles. The first-order chi connectivity index (χ1) is 10.8. The van der Waals surface area contributed by atoms with Crippen LogP contribution in [0.5, 0.6) is 0 Å². The summed E-state index contributed by atoms with van der Waals surface area (Å²) in [5, 5.41) is 13.3. The number of non-ortho nitro benzene ring substituents is 1. The predicted octanol–water partition coefficient (Wildman–Crippen LogP) is 1.34.